The molecule has 186 valence electrons. The number of hydrogen-bond donors (Lipinski definition) is 3. The number of fused-ring (bicyclic) bond motifs is 1. The highest BCUT2D eigenvalue weighted by molar-refractivity contribution is 6.00. The van der Waals surface area contributed by atoms with Gasteiger partial charge in [-0.25, -0.2) is 9.59 Å². The predicted octanol–water partition coefficient (Wildman–Crippen LogP) is 5.48. The van der Waals surface area contributed by atoms with Crippen molar-refractivity contribution in [2.24, 2.45) is 5.92 Å². The lowest BCUT2D eigenvalue weighted by atomic mass is 9.85. The van der Waals surface area contributed by atoms with E-state index in [9.17, 15) is 14.4 Å². The molecule has 8 nitrogen and oxygen atoms in total. The number of carbonyl (C=O) groups excluding carboxylic acids is 2. The fourth-order valence-corrected chi connectivity index (χ4v) is 4.88. The van der Waals surface area contributed by atoms with Gasteiger partial charge in [0.15, 0.2) is 0 Å². The van der Waals surface area contributed by atoms with Crippen molar-refractivity contribution in [3.8, 4) is 0 Å². The molecular weight excluding hydrogens is 446 g/mol. The summed E-state index contributed by atoms with van der Waals surface area (Å²) < 4.78 is 5.72. The molecule has 0 atom stereocenters. The number of nitrogens with zero attached hydrogens (tertiary/aromatic N) is 1. The van der Waals surface area contributed by atoms with E-state index in [0.29, 0.717) is 38.0 Å². The van der Waals surface area contributed by atoms with Crippen LogP contribution in [0.5, 0.6) is 0 Å². The van der Waals surface area contributed by atoms with Gasteiger partial charge in [-0.1, -0.05) is 18.2 Å². The molecule has 2 aliphatic rings. The second kappa shape index (κ2) is 10.8. The maximum absolute atomic E-state index is 12.7. The predicted molar refractivity (Wildman–Crippen MR) is 134 cm³/mol. The molecule has 35 heavy (non-hydrogen) atoms. The smallest absolute Gasteiger partial charge is 0.410 e. The van der Waals surface area contributed by atoms with Crippen LogP contribution < -0.4 is 10.6 Å². The lowest BCUT2D eigenvalue weighted by molar-refractivity contribution is -0.138. The summed E-state index contributed by atoms with van der Waals surface area (Å²) >= 11 is 0. The second-order valence-electron chi connectivity index (χ2n) is 9.61. The lowest BCUT2D eigenvalue weighted by Crippen LogP contribution is -2.39. The quantitative estimate of drug-likeness (QED) is 0.527. The number of amides is 3. The van der Waals surface area contributed by atoms with Gasteiger partial charge in [0.1, 0.15) is 6.10 Å². The minimum Gasteiger partial charge on any atom is -0.481 e. The first kappa shape index (κ1) is 24.6. The number of aliphatic carboxylic acids is 1. The third-order valence-corrected chi connectivity index (χ3v) is 7.11. The Bertz CT molecular complexity index is 1110. The minimum absolute atomic E-state index is 0.143. The zero-order valence-corrected chi connectivity index (χ0v) is 20.3. The number of anilines is 2. The zero-order chi connectivity index (χ0) is 24.9. The Morgan fingerprint density at radius 3 is 2.54 bits per heavy atom. The van der Waals surface area contributed by atoms with Crippen LogP contribution in [0.25, 0.3) is 0 Å². The van der Waals surface area contributed by atoms with Gasteiger partial charge in [-0.3, -0.25) is 4.79 Å². The summed E-state index contributed by atoms with van der Waals surface area (Å²) in [7, 11) is 0. The van der Waals surface area contributed by atoms with Crippen LogP contribution >= 0.6 is 0 Å². The highest BCUT2D eigenvalue weighted by Gasteiger charge is 2.28. The van der Waals surface area contributed by atoms with Gasteiger partial charge < -0.3 is 25.4 Å². The van der Waals surface area contributed by atoms with Gasteiger partial charge >= 0.3 is 18.1 Å². The van der Waals surface area contributed by atoms with Crippen LogP contribution in [0.2, 0.25) is 0 Å². The Morgan fingerprint density at radius 2 is 1.80 bits per heavy atom. The summed E-state index contributed by atoms with van der Waals surface area (Å²) in [5.74, 6) is -0.590. The van der Waals surface area contributed by atoms with E-state index in [1.54, 1.807) is 4.90 Å². The molecule has 3 N–H and O–H groups in total. The van der Waals surface area contributed by atoms with Crippen LogP contribution in [-0.4, -0.2) is 40.7 Å². The van der Waals surface area contributed by atoms with Crippen molar-refractivity contribution in [3.63, 3.8) is 0 Å². The molecule has 2 aromatic carbocycles. The third kappa shape index (κ3) is 6.32. The molecule has 0 spiro atoms. The van der Waals surface area contributed by atoms with Gasteiger partial charge in [0.05, 0.1) is 0 Å². The van der Waals surface area contributed by atoms with E-state index in [1.807, 2.05) is 50.2 Å². The van der Waals surface area contributed by atoms with E-state index in [1.165, 1.54) is 0 Å². The van der Waals surface area contributed by atoms with Crippen molar-refractivity contribution in [2.45, 2.75) is 65.0 Å². The maximum atomic E-state index is 12.7. The molecular formula is C27H33N3O5. The van der Waals surface area contributed by atoms with Gasteiger partial charge in [-0.15, -0.1) is 0 Å². The first-order chi connectivity index (χ1) is 16.8. The van der Waals surface area contributed by atoms with Crippen LogP contribution in [0, 0.1) is 19.8 Å². The first-order valence-electron chi connectivity index (χ1n) is 12.2. The fraction of sp³-hybridized carbons (Fsp3) is 0.444. The van der Waals surface area contributed by atoms with Crippen LogP contribution in [0.1, 0.15) is 54.4 Å². The molecule has 4 rings (SSSR count). The van der Waals surface area contributed by atoms with Crippen molar-refractivity contribution in [1.82, 2.24) is 4.90 Å². The van der Waals surface area contributed by atoms with Crippen LogP contribution in [0.15, 0.2) is 36.4 Å². The summed E-state index contributed by atoms with van der Waals surface area (Å²) in [6.07, 6.45) is 3.40. The van der Waals surface area contributed by atoms with E-state index < -0.39 is 5.97 Å². The normalized spacial score (nSPS) is 19.4. The summed E-state index contributed by atoms with van der Waals surface area (Å²) in [4.78, 5) is 37.8. The minimum atomic E-state index is -0.766. The lowest BCUT2D eigenvalue weighted by Gasteiger charge is -2.32. The molecule has 0 aromatic heterocycles. The standard InChI is InChI=1S/C27H33N3O5/c1-17-4-3-5-24(18(17)2)29-26(33)28-22-9-8-21-16-30(13-12-20(21)15-22)27(34)35-23-10-6-19(7-11-23)14-25(31)32/h3-5,8-9,15,19,23H,6-7,10-14,16H2,1-2H3,(H,31,32)(H2,28,29,33)/t19-,23-. The van der Waals surface area contributed by atoms with Crippen LogP contribution in [0.3, 0.4) is 0 Å². The number of carboxylic acids is 1. The number of rotatable bonds is 5. The van der Waals surface area contributed by atoms with E-state index in [4.69, 9.17) is 9.84 Å². The maximum Gasteiger partial charge on any atom is 0.410 e. The average Bonchev–Trinajstić information content (AvgIpc) is 2.82. The van der Waals surface area contributed by atoms with Gasteiger partial charge in [-0.05, 0) is 92.3 Å². The van der Waals surface area contributed by atoms with E-state index in [2.05, 4.69) is 10.6 Å². The van der Waals surface area contributed by atoms with Crippen molar-refractivity contribution in [1.29, 1.82) is 0 Å². The van der Waals surface area contributed by atoms with Crippen molar-refractivity contribution < 1.29 is 24.2 Å². The Labute approximate surface area is 205 Å². The molecule has 0 saturated heterocycles. The molecule has 0 unspecified atom stereocenters. The Balaban J connectivity index is 1.28. The number of aryl methyl sites for hydroxylation is 1. The fourth-order valence-electron chi connectivity index (χ4n) is 4.88. The highest BCUT2D eigenvalue weighted by Crippen LogP contribution is 2.30. The molecule has 1 aliphatic heterocycles. The van der Waals surface area contributed by atoms with E-state index in [0.717, 1.165) is 40.8 Å². The number of urea groups is 1. The Morgan fingerprint density at radius 1 is 1.03 bits per heavy atom. The van der Waals surface area contributed by atoms with E-state index >= 15 is 0 Å². The highest BCUT2D eigenvalue weighted by atomic mass is 16.6. The van der Waals surface area contributed by atoms with Crippen molar-refractivity contribution in [3.05, 3.63) is 58.7 Å². The first-order valence-corrected chi connectivity index (χ1v) is 12.2. The van der Waals surface area contributed by atoms with Crippen molar-refractivity contribution >= 4 is 29.5 Å². The van der Waals surface area contributed by atoms with Crippen LogP contribution in [-0.2, 0) is 22.5 Å². The van der Waals surface area contributed by atoms with Gasteiger partial charge in [0.25, 0.3) is 0 Å². The van der Waals surface area contributed by atoms with Gasteiger partial charge in [-0.2, -0.15) is 0 Å². The molecule has 0 radical (unpaired) electrons. The molecule has 3 amide bonds. The summed E-state index contributed by atoms with van der Waals surface area (Å²) in [5.41, 5.74) is 5.79. The molecule has 1 heterocycles. The number of ether oxygens (including phenoxy) is 1. The molecule has 2 aromatic rings. The number of hydrogen-bond acceptors (Lipinski definition) is 4. The Hall–Kier alpha value is -3.55. The van der Waals surface area contributed by atoms with Crippen LogP contribution in [0.4, 0.5) is 21.0 Å². The topological polar surface area (TPSA) is 108 Å². The summed E-state index contributed by atoms with van der Waals surface area (Å²) in [5, 5.41) is 14.8. The molecule has 1 saturated carbocycles. The number of carbonyl (C=O) groups is 3. The average molecular weight is 480 g/mol. The third-order valence-electron chi connectivity index (χ3n) is 7.11. The zero-order valence-electron chi connectivity index (χ0n) is 20.3. The monoisotopic (exact) mass is 479 g/mol. The van der Waals surface area contributed by atoms with Crippen molar-refractivity contribution in [2.75, 3.05) is 17.2 Å². The van der Waals surface area contributed by atoms with E-state index in [-0.39, 0.29) is 30.6 Å². The SMILES string of the molecule is Cc1cccc(NC(=O)Nc2ccc3c(c2)CCN(C(=O)O[C@H]2CC[C@H](CC(=O)O)CC2)C3)c1C. The number of nitrogens with one attached hydrogen (secondary N) is 2. The number of carboxylic acid groups (broad SMARTS) is 1. The molecule has 1 fully saturated rings. The Kier molecular flexibility index (Phi) is 7.58. The molecule has 8 heteroatoms. The molecule has 1 aliphatic carbocycles. The van der Waals surface area contributed by atoms with Gasteiger partial charge in [0, 0.05) is 30.9 Å². The number of benzene rings is 2. The van der Waals surface area contributed by atoms with Gasteiger partial charge in [0.2, 0.25) is 0 Å². The molecule has 0 bridgehead atoms. The summed E-state index contributed by atoms with van der Waals surface area (Å²) in [6.45, 7) is 5.01. The largest absolute Gasteiger partial charge is 0.481 e. The second-order valence-corrected chi connectivity index (χ2v) is 9.61. The summed E-state index contributed by atoms with van der Waals surface area (Å²) in [6, 6.07) is 11.3.